The topological polar surface area (TPSA) is 69.6 Å². The number of anilines is 1. The molecule has 5 heteroatoms. The van der Waals surface area contributed by atoms with E-state index in [9.17, 15) is 9.59 Å². The summed E-state index contributed by atoms with van der Waals surface area (Å²) in [5.41, 5.74) is 1.17. The molecule has 0 unspecified atom stereocenters. The number of rotatable bonds is 3. The molecule has 0 fully saturated rings. The van der Waals surface area contributed by atoms with Gasteiger partial charge in [0.05, 0.1) is 6.42 Å². The van der Waals surface area contributed by atoms with Crippen molar-refractivity contribution in [1.82, 2.24) is 4.90 Å². The zero-order valence-electron chi connectivity index (χ0n) is 10.5. The molecular formula is C14H16N2O3. The number of nitrogens with zero attached hydrogens (tertiary/aromatic N) is 1. The molecule has 0 saturated carbocycles. The fourth-order valence-corrected chi connectivity index (χ4v) is 1.98. The smallest absolute Gasteiger partial charge is 0.322 e. The lowest BCUT2D eigenvalue weighted by atomic mass is 10.1. The molecule has 19 heavy (non-hydrogen) atoms. The molecule has 1 aliphatic heterocycles. The summed E-state index contributed by atoms with van der Waals surface area (Å²) >= 11 is 0. The number of aliphatic carboxylic acids is 1. The molecule has 0 bridgehead atoms. The van der Waals surface area contributed by atoms with Gasteiger partial charge in [0.15, 0.2) is 0 Å². The van der Waals surface area contributed by atoms with Crippen LogP contribution in [-0.4, -0.2) is 35.1 Å². The van der Waals surface area contributed by atoms with Crippen LogP contribution in [0.4, 0.5) is 10.5 Å². The number of hydrogen-bond acceptors (Lipinski definition) is 2. The summed E-state index contributed by atoms with van der Waals surface area (Å²) in [5.74, 6) is -0.914. The first-order valence-electron chi connectivity index (χ1n) is 6.17. The van der Waals surface area contributed by atoms with Crippen molar-refractivity contribution in [2.24, 2.45) is 0 Å². The fraction of sp³-hybridized carbons (Fsp3) is 0.286. The molecule has 5 nitrogen and oxygen atoms in total. The van der Waals surface area contributed by atoms with E-state index in [1.54, 1.807) is 29.2 Å². The second kappa shape index (κ2) is 6.04. The second-order valence-corrected chi connectivity index (χ2v) is 4.36. The number of amides is 2. The molecular weight excluding hydrogens is 244 g/mol. The van der Waals surface area contributed by atoms with Crippen molar-refractivity contribution in [2.45, 2.75) is 12.8 Å². The van der Waals surface area contributed by atoms with E-state index in [-0.39, 0.29) is 12.5 Å². The van der Waals surface area contributed by atoms with E-state index < -0.39 is 5.97 Å². The van der Waals surface area contributed by atoms with Crippen molar-refractivity contribution in [3.63, 3.8) is 0 Å². The molecule has 0 aromatic heterocycles. The van der Waals surface area contributed by atoms with E-state index in [1.807, 2.05) is 12.2 Å². The van der Waals surface area contributed by atoms with E-state index in [1.165, 1.54) is 0 Å². The van der Waals surface area contributed by atoms with Crippen LogP contribution in [0.1, 0.15) is 12.0 Å². The van der Waals surface area contributed by atoms with Crippen LogP contribution in [0.2, 0.25) is 0 Å². The van der Waals surface area contributed by atoms with Gasteiger partial charge in [0.2, 0.25) is 0 Å². The number of hydrogen-bond donors (Lipinski definition) is 2. The number of carbonyl (C=O) groups excluding carboxylic acids is 1. The second-order valence-electron chi connectivity index (χ2n) is 4.36. The average Bonchev–Trinajstić information content (AvgIpc) is 2.41. The monoisotopic (exact) mass is 260 g/mol. The number of carboxylic acid groups (broad SMARTS) is 1. The van der Waals surface area contributed by atoms with Crippen LogP contribution in [-0.2, 0) is 11.2 Å². The lowest BCUT2D eigenvalue weighted by Crippen LogP contribution is -2.37. The quantitative estimate of drug-likeness (QED) is 0.818. The van der Waals surface area contributed by atoms with Gasteiger partial charge in [0.25, 0.3) is 0 Å². The standard InChI is InChI=1S/C14H16N2O3/c17-13(18)10-11-6-2-3-7-12(11)15-14(19)16-8-4-1-5-9-16/h1-4,6-7H,5,8-10H2,(H,15,19)(H,17,18). The third-order valence-corrected chi connectivity index (χ3v) is 2.95. The minimum atomic E-state index is -0.914. The molecule has 2 rings (SSSR count). The number of urea groups is 1. The van der Waals surface area contributed by atoms with Crippen LogP contribution in [0.5, 0.6) is 0 Å². The van der Waals surface area contributed by atoms with Crippen molar-refractivity contribution in [3.05, 3.63) is 42.0 Å². The Kier molecular flexibility index (Phi) is 4.18. The summed E-state index contributed by atoms with van der Waals surface area (Å²) in [6, 6.07) is 6.77. The van der Waals surface area contributed by atoms with Crippen LogP contribution in [0, 0.1) is 0 Å². The molecule has 1 heterocycles. The van der Waals surface area contributed by atoms with Crippen molar-refractivity contribution in [3.8, 4) is 0 Å². The van der Waals surface area contributed by atoms with Crippen LogP contribution >= 0.6 is 0 Å². The first-order chi connectivity index (χ1) is 9.16. The summed E-state index contributed by atoms with van der Waals surface area (Å²) in [5, 5.41) is 11.6. The lowest BCUT2D eigenvalue weighted by molar-refractivity contribution is -0.136. The molecule has 2 amide bonds. The van der Waals surface area contributed by atoms with Gasteiger partial charge in [-0.3, -0.25) is 4.79 Å². The van der Waals surface area contributed by atoms with Crippen molar-refractivity contribution < 1.29 is 14.7 Å². The molecule has 1 aromatic carbocycles. The zero-order valence-corrected chi connectivity index (χ0v) is 10.5. The van der Waals surface area contributed by atoms with Gasteiger partial charge in [0.1, 0.15) is 0 Å². The predicted molar refractivity (Wildman–Crippen MR) is 72.1 cm³/mol. The highest BCUT2D eigenvalue weighted by Gasteiger charge is 2.15. The van der Waals surface area contributed by atoms with Gasteiger partial charge in [-0.25, -0.2) is 4.79 Å². The number of carboxylic acids is 1. The summed E-state index contributed by atoms with van der Waals surface area (Å²) in [4.78, 5) is 24.5. The summed E-state index contributed by atoms with van der Waals surface area (Å²) in [6.07, 6.45) is 4.74. The molecule has 0 saturated heterocycles. The summed E-state index contributed by atoms with van der Waals surface area (Å²) < 4.78 is 0. The van der Waals surface area contributed by atoms with Crippen molar-refractivity contribution in [1.29, 1.82) is 0 Å². The van der Waals surface area contributed by atoms with Gasteiger partial charge in [0, 0.05) is 18.8 Å². The Hall–Kier alpha value is -2.30. The Morgan fingerprint density at radius 3 is 2.74 bits per heavy atom. The Morgan fingerprint density at radius 1 is 1.26 bits per heavy atom. The third-order valence-electron chi connectivity index (χ3n) is 2.95. The number of para-hydroxylation sites is 1. The molecule has 2 N–H and O–H groups in total. The largest absolute Gasteiger partial charge is 0.481 e. The summed E-state index contributed by atoms with van der Waals surface area (Å²) in [7, 11) is 0. The fourth-order valence-electron chi connectivity index (χ4n) is 1.98. The van der Waals surface area contributed by atoms with Crippen LogP contribution in [0.25, 0.3) is 0 Å². The third kappa shape index (κ3) is 3.58. The maximum atomic E-state index is 12.0. The lowest BCUT2D eigenvalue weighted by Gasteiger charge is -2.24. The number of benzene rings is 1. The molecule has 0 spiro atoms. The Bertz CT molecular complexity index is 511. The van der Waals surface area contributed by atoms with Gasteiger partial charge in [-0.05, 0) is 18.1 Å². The Balaban J connectivity index is 2.07. The molecule has 1 aromatic rings. The molecule has 0 atom stereocenters. The molecule has 100 valence electrons. The van der Waals surface area contributed by atoms with Crippen LogP contribution in [0.3, 0.4) is 0 Å². The van der Waals surface area contributed by atoms with Crippen LogP contribution < -0.4 is 5.32 Å². The minimum absolute atomic E-state index is 0.101. The van der Waals surface area contributed by atoms with Crippen molar-refractivity contribution in [2.75, 3.05) is 18.4 Å². The highest BCUT2D eigenvalue weighted by molar-refractivity contribution is 5.91. The number of nitrogens with one attached hydrogen (secondary N) is 1. The van der Waals surface area contributed by atoms with Gasteiger partial charge < -0.3 is 15.3 Å². The van der Waals surface area contributed by atoms with Gasteiger partial charge >= 0.3 is 12.0 Å². The van der Waals surface area contributed by atoms with Gasteiger partial charge in [-0.15, -0.1) is 0 Å². The number of carbonyl (C=O) groups is 2. The maximum absolute atomic E-state index is 12.0. The Labute approximate surface area is 111 Å². The zero-order chi connectivity index (χ0) is 13.7. The van der Waals surface area contributed by atoms with Crippen molar-refractivity contribution >= 4 is 17.7 Å². The van der Waals surface area contributed by atoms with Gasteiger partial charge in [-0.1, -0.05) is 30.4 Å². The maximum Gasteiger partial charge on any atom is 0.322 e. The van der Waals surface area contributed by atoms with E-state index in [0.717, 1.165) is 6.42 Å². The highest BCUT2D eigenvalue weighted by atomic mass is 16.4. The first kappa shape index (κ1) is 13.1. The highest BCUT2D eigenvalue weighted by Crippen LogP contribution is 2.17. The molecule has 1 aliphatic rings. The van der Waals surface area contributed by atoms with E-state index in [0.29, 0.717) is 24.3 Å². The van der Waals surface area contributed by atoms with E-state index in [2.05, 4.69) is 5.32 Å². The average molecular weight is 260 g/mol. The van der Waals surface area contributed by atoms with E-state index >= 15 is 0 Å². The first-order valence-corrected chi connectivity index (χ1v) is 6.17. The Morgan fingerprint density at radius 2 is 2.05 bits per heavy atom. The normalized spacial score (nSPS) is 14.2. The SMILES string of the molecule is O=C(O)Cc1ccccc1NC(=O)N1CC=CCC1. The summed E-state index contributed by atoms with van der Waals surface area (Å²) in [6.45, 7) is 1.27. The molecule has 0 radical (unpaired) electrons. The van der Waals surface area contributed by atoms with Crippen LogP contribution in [0.15, 0.2) is 36.4 Å². The van der Waals surface area contributed by atoms with E-state index in [4.69, 9.17) is 5.11 Å². The molecule has 0 aliphatic carbocycles. The van der Waals surface area contributed by atoms with Gasteiger partial charge in [-0.2, -0.15) is 0 Å². The minimum Gasteiger partial charge on any atom is -0.481 e. The predicted octanol–water partition coefficient (Wildman–Crippen LogP) is 2.11.